The van der Waals surface area contributed by atoms with E-state index in [1.165, 1.54) is 17.2 Å². The molecule has 1 aliphatic rings. The van der Waals surface area contributed by atoms with Gasteiger partial charge in [0.05, 0.1) is 5.39 Å². The average molecular weight is 338 g/mol. The first-order valence-corrected chi connectivity index (χ1v) is 8.93. The van der Waals surface area contributed by atoms with E-state index >= 15 is 0 Å². The summed E-state index contributed by atoms with van der Waals surface area (Å²) in [7, 11) is 1.79. The van der Waals surface area contributed by atoms with Crippen molar-refractivity contribution in [1.82, 2.24) is 19.3 Å². The zero-order chi connectivity index (χ0) is 17.4. The molecule has 0 saturated heterocycles. The predicted molar refractivity (Wildman–Crippen MR) is 96.9 cm³/mol. The van der Waals surface area contributed by atoms with E-state index in [9.17, 15) is 9.59 Å². The van der Waals surface area contributed by atoms with Gasteiger partial charge in [-0.05, 0) is 31.0 Å². The molecule has 0 unspecified atom stereocenters. The first-order chi connectivity index (χ1) is 12.1. The number of nitrogens with zero attached hydrogens (tertiary/aromatic N) is 3. The summed E-state index contributed by atoms with van der Waals surface area (Å²) in [5.41, 5.74) is 1.46. The lowest BCUT2D eigenvalue weighted by molar-refractivity contribution is 0.0925. The van der Waals surface area contributed by atoms with E-state index in [-0.39, 0.29) is 17.5 Å². The quantitative estimate of drug-likeness (QED) is 0.730. The Morgan fingerprint density at radius 1 is 1.20 bits per heavy atom. The monoisotopic (exact) mass is 338 g/mol. The SMILES string of the molecule is Cn1c(C(=O)NC2CCCCCC2)cc2c(=O)n3ccccc3nc21. The van der Waals surface area contributed by atoms with Gasteiger partial charge in [-0.2, -0.15) is 0 Å². The van der Waals surface area contributed by atoms with E-state index in [0.717, 1.165) is 25.7 Å². The van der Waals surface area contributed by atoms with Gasteiger partial charge in [0.2, 0.25) is 0 Å². The minimum absolute atomic E-state index is 0.124. The molecule has 1 N–H and O–H groups in total. The van der Waals surface area contributed by atoms with Crippen molar-refractivity contribution >= 4 is 22.6 Å². The van der Waals surface area contributed by atoms with Crippen molar-refractivity contribution in [3.63, 3.8) is 0 Å². The molecular weight excluding hydrogens is 316 g/mol. The summed E-state index contributed by atoms with van der Waals surface area (Å²) >= 11 is 0. The van der Waals surface area contributed by atoms with Crippen LogP contribution in [0.4, 0.5) is 0 Å². The molecule has 3 aromatic heterocycles. The minimum Gasteiger partial charge on any atom is -0.348 e. The van der Waals surface area contributed by atoms with Gasteiger partial charge < -0.3 is 9.88 Å². The molecule has 3 aromatic rings. The van der Waals surface area contributed by atoms with Gasteiger partial charge in [-0.15, -0.1) is 0 Å². The number of carbonyl (C=O) groups excluding carboxylic acids is 1. The summed E-state index contributed by atoms with van der Waals surface area (Å²) in [6.07, 6.45) is 8.56. The van der Waals surface area contributed by atoms with Gasteiger partial charge in [0.25, 0.3) is 11.5 Å². The lowest BCUT2D eigenvalue weighted by Gasteiger charge is -2.16. The molecule has 1 amide bonds. The Balaban J connectivity index is 1.73. The fraction of sp³-hybridized carbons (Fsp3) is 0.421. The van der Waals surface area contributed by atoms with Gasteiger partial charge >= 0.3 is 0 Å². The molecule has 0 aliphatic heterocycles. The van der Waals surface area contributed by atoms with E-state index in [4.69, 9.17) is 0 Å². The lowest BCUT2D eigenvalue weighted by Crippen LogP contribution is -2.35. The Morgan fingerprint density at radius 2 is 1.96 bits per heavy atom. The molecule has 25 heavy (non-hydrogen) atoms. The Labute approximate surface area is 145 Å². The number of aryl methyl sites for hydroxylation is 1. The second kappa shape index (κ2) is 6.35. The third-order valence-corrected chi connectivity index (χ3v) is 5.13. The zero-order valence-electron chi connectivity index (χ0n) is 14.4. The van der Waals surface area contributed by atoms with Crippen LogP contribution in [0.3, 0.4) is 0 Å². The van der Waals surface area contributed by atoms with Gasteiger partial charge in [0, 0.05) is 19.3 Å². The smallest absolute Gasteiger partial charge is 0.268 e. The van der Waals surface area contributed by atoms with Crippen LogP contribution < -0.4 is 10.9 Å². The molecule has 0 radical (unpaired) electrons. The molecular formula is C19H22N4O2. The number of rotatable bonds is 2. The highest BCUT2D eigenvalue weighted by Gasteiger charge is 2.20. The Morgan fingerprint density at radius 3 is 2.72 bits per heavy atom. The molecule has 4 rings (SSSR count). The Bertz CT molecular complexity index is 994. The van der Waals surface area contributed by atoms with Gasteiger partial charge in [0.15, 0.2) is 0 Å². The summed E-state index contributed by atoms with van der Waals surface area (Å²) in [5, 5.41) is 3.61. The van der Waals surface area contributed by atoms with Crippen molar-refractivity contribution in [1.29, 1.82) is 0 Å². The number of carbonyl (C=O) groups is 1. The number of amides is 1. The van der Waals surface area contributed by atoms with Crippen molar-refractivity contribution in [3.05, 3.63) is 46.5 Å². The van der Waals surface area contributed by atoms with Crippen LogP contribution in [0.5, 0.6) is 0 Å². The van der Waals surface area contributed by atoms with Crippen molar-refractivity contribution < 1.29 is 4.79 Å². The molecule has 6 heteroatoms. The van der Waals surface area contributed by atoms with Crippen molar-refractivity contribution in [3.8, 4) is 0 Å². The second-order valence-electron chi connectivity index (χ2n) is 6.83. The van der Waals surface area contributed by atoms with Crippen molar-refractivity contribution in [2.45, 2.75) is 44.6 Å². The largest absolute Gasteiger partial charge is 0.348 e. The van der Waals surface area contributed by atoms with Crippen LogP contribution >= 0.6 is 0 Å². The topological polar surface area (TPSA) is 68.4 Å². The lowest BCUT2D eigenvalue weighted by atomic mass is 10.1. The van der Waals surface area contributed by atoms with Crippen LogP contribution in [0.15, 0.2) is 35.3 Å². The normalized spacial score (nSPS) is 16.2. The molecule has 0 bridgehead atoms. The molecule has 1 aliphatic carbocycles. The maximum Gasteiger partial charge on any atom is 0.268 e. The number of nitrogens with one attached hydrogen (secondary N) is 1. The van der Waals surface area contributed by atoms with Gasteiger partial charge in [0.1, 0.15) is 17.0 Å². The number of fused-ring (bicyclic) bond motifs is 2. The number of hydrogen-bond donors (Lipinski definition) is 1. The minimum atomic E-state index is -0.148. The van der Waals surface area contributed by atoms with Crippen LogP contribution in [-0.4, -0.2) is 25.9 Å². The maximum absolute atomic E-state index is 12.8. The highest BCUT2D eigenvalue weighted by Crippen LogP contribution is 2.19. The van der Waals surface area contributed by atoms with Crippen LogP contribution in [-0.2, 0) is 7.05 Å². The molecule has 3 heterocycles. The van der Waals surface area contributed by atoms with Gasteiger partial charge in [-0.1, -0.05) is 31.7 Å². The summed E-state index contributed by atoms with van der Waals surface area (Å²) in [5.74, 6) is -0.124. The molecule has 1 saturated carbocycles. The Kier molecular flexibility index (Phi) is 4.03. The molecule has 6 nitrogen and oxygen atoms in total. The summed E-state index contributed by atoms with van der Waals surface area (Å²) < 4.78 is 3.23. The second-order valence-corrected chi connectivity index (χ2v) is 6.83. The maximum atomic E-state index is 12.8. The van der Waals surface area contributed by atoms with Crippen LogP contribution in [0, 0.1) is 0 Å². The molecule has 1 fully saturated rings. The predicted octanol–water partition coefficient (Wildman–Crippen LogP) is 2.64. The number of hydrogen-bond acceptors (Lipinski definition) is 3. The van der Waals surface area contributed by atoms with Gasteiger partial charge in [-0.3, -0.25) is 14.0 Å². The number of aromatic nitrogens is 3. The van der Waals surface area contributed by atoms with Crippen LogP contribution in [0.1, 0.15) is 49.0 Å². The fourth-order valence-electron chi connectivity index (χ4n) is 3.72. The number of pyridine rings is 1. The average Bonchev–Trinajstić information content (AvgIpc) is 2.79. The summed E-state index contributed by atoms with van der Waals surface area (Å²) in [6, 6.07) is 7.32. The van der Waals surface area contributed by atoms with Gasteiger partial charge in [-0.25, -0.2) is 4.98 Å². The third kappa shape index (κ3) is 2.81. The standard InChI is InChI=1S/C19H22N4O2/c1-22-15(18(24)20-13-8-4-2-3-5-9-13)12-14-17(22)21-16-10-6-7-11-23(16)19(14)25/h6-7,10-13H,2-5,8-9H2,1H3,(H,20,24). The summed E-state index contributed by atoms with van der Waals surface area (Å²) in [4.78, 5) is 30.0. The highest BCUT2D eigenvalue weighted by atomic mass is 16.2. The molecule has 130 valence electrons. The first kappa shape index (κ1) is 15.9. The van der Waals surface area contributed by atoms with Crippen molar-refractivity contribution in [2.24, 2.45) is 7.05 Å². The van der Waals surface area contributed by atoms with Crippen LogP contribution in [0.2, 0.25) is 0 Å². The summed E-state index contributed by atoms with van der Waals surface area (Å²) in [6.45, 7) is 0. The van der Waals surface area contributed by atoms with E-state index < -0.39 is 0 Å². The Hall–Kier alpha value is -2.63. The van der Waals surface area contributed by atoms with E-state index in [1.807, 2.05) is 6.07 Å². The van der Waals surface area contributed by atoms with Crippen LogP contribution in [0.25, 0.3) is 16.7 Å². The van der Waals surface area contributed by atoms with E-state index in [1.54, 1.807) is 36.0 Å². The molecule has 0 atom stereocenters. The van der Waals surface area contributed by atoms with E-state index in [2.05, 4.69) is 10.3 Å². The van der Waals surface area contributed by atoms with Crippen molar-refractivity contribution in [2.75, 3.05) is 0 Å². The molecule has 0 spiro atoms. The highest BCUT2D eigenvalue weighted by molar-refractivity contribution is 5.98. The molecule has 0 aromatic carbocycles. The first-order valence-electron chi connectivity index (χ1n) is 8.93. The fourth-order valence-corrected chi connectivity index (χ4v) is 3.72. The third-order valence-electron chi connectivity index (χ3n) is 5.13. The zero-order valence-corrected chi connectivity index (χ0v) is 14.4. The van der Waals surface area contributed by atoms with E-state index in [0.29, 0.717) is 22.4 Å².